The summed E-state index contributed by atoms with van der Waals surface area (Å²) in [6.45, 7) is 4.64. The second-order valence-electron chi connectivity index (χ2n) is 5.91. The van der Waals surface area contributed by atoms with E-state index in [0.29, 0.717) is 51.6 Å². The van der Waals surface area contributed by atoms with Crippen molar-refractivity contribution < 1.29 is 27.4 Å². The second-order valence-corrected chi connectivity index (χ2v) is 7.68. The number of methoxy groups -OCH3 is 1. The Balaban J connectivity index is 1.90. The predicted molar refractivity (Wildman–Crippen MR) is 95.6 cm³/mol. The van der Waals surface area contributed by atoms with Crippen molar-refractivity contribution in [2.24, 2.45) is 0 Å². The zero-order valence-corrected chi connectivity index (χ0v) is 16.0. The fraction of sp³-hybridized carbons (Fsp3) is 0.588. The topological polar surface area (TPSA) is 94.2 Å². The maximum absolute atomic E-state index is 12.3. The summed E-state index contributed by atoms with van der Waals surface area (Å²) < 4.78 is 42.6. The molecule has 0 aromatic heterocycles. The standard InChI is InChI=1S/C17H26N2O6S/c1-14(17(20)19-9-12-24-13-10-19)25-15-4-6-16(7-5-15)26(21,22)18-8-3-11-23-2/h4-7,14,18H,3,8-13H2,1-2H3/t14-/m1/s1. The van der Waals surface area contributed by atoms with Crippen LogP contribution in [0.15, 0.2) is 29.2 Å². The number of hydrogen-bond donors (Lipinski definition) is 1. The van der Waals surface area contributed by atoms with Crippen molar-refractivity contribution in [3.05, 3.63) is 24.3 Å². The number of carbonyl (C=O) groups excluding carboxylic acids is 1. The van der Waals surface area contributed by atoms with Gasteiger partial charge in [-0.3, -0.25) is 4.79 Å². The molecular weight excluding hydrogens is 360 g/mol. The Morgan fingerprint density at radius 1 is 1.27 bits per heavy atom. The Morgan fingerprint density at radius 3 is 2.54 bits per heavy atom. The lowest BCUT2D eigenvalue weighted by Crippen LogP contribution is -2.46. The van der Waals surface area contributed by atoms with Gasteiger partial charge in [-0.2, -0.15) is 0 Å². The lowest BCUT2D eigenvalue weighted by molar-refractivity contribution is -0.142. The number of nitrogens with one attached hydrogen (secondary N) is 1. The van der Waals surface area contributed by atoms with Gasteiger partial charge in [0.05, 0.1) is 18.1 Å². The van der Waals surface area contributed by atoms with E-state index in [-0.39, 0.29) is 10.8 Å². The number of rotatable bonds is 9. The fourth-order valence-electron chi connectivity index (χ4n) is 2.50. The Kier molecular flexibility index (Phi) is 7.83. The van der Waals surface area contributed by atoms with Crippen LogP contribution in [0, 0.1) is 0 Å². The molecule has 0 radical (unpaired) electrons. The van der Waals surface area contributed by atoms with E-state index < -0.39 is 16.1 Å². The van der Waals surface area contributed by atoms with Crippen LogP contribution in [0.4, 0.5) is 0 Å². The first-order valence-electron chi connectivity index (χ1n) is 8.56. The van der Waals surface area contributed by atoms with Gasteiger partial charge in [-0.05, 0) is 37.6 Å². The number of hydrogen-bond acceptors (Lipinski definition) is 6. The first kappa shape index (κ1) is 20.6. The van der Waals surface area contributed by atoms with Crippen molar-refractivity contribution in [3.63, 3.8) is 0 Å². The molecule has 1 aromatic rings. The van der Waals surface area contributed by atoms with Crippen molar-refractivity contribution >= 4 is 15.9 Å². The predicted octanol–water partition coefficient (Wildman–Crippen LogP) is 0.628. The molecule has 1 atom stereocenters. The first-order chi connectivity index (χ1) is 12.4. The fourth-order valence-corrected chi connectivity index (χ4v) is 3.57. The quantitative estimate of drug-likeness (QED) is 0.626. The highest BCUT2D eigenvalue weighted by atomic mass is 32.2. The van der Waals surface area contributed by atoms with Crippen LogP contribution in [0.25, 0.3) is 0 Å². The molecular formula is C17H26N2O6S. The first-order valence-corrected chi connectivity index (χ1v) is 10.0. The lowest BCUT2D eigenvalue weighted by atomic mass is 10.3. The average molecular weight is 386 g/mol. The largest absolute Gasteiger partial charge is 0.481 e. The van der Waals surface area contributed by atoms with Crippen molar-refractivity contribution in [1.82, 2.24) is 9.62 Å². The molecule has 1 saturated heterocycles. The van der Waals surface area contributed by atoms with Gasteiger partial charge in [0.1, 0.15) is 5.75 Å². The molecule has 0 saturated carbocycles. The number of morpholine rings is 1. The minimum absolute atomic E-state index is 0.107. The number of carbonyl (C=O) groups is 1. The number of sulfonamides is 1. The molecule has 26 heavy (non-hydrogen) atoms. The Labute approximate surface area is 154 Å². The van der Waals surface area contributed by atoms with Crippen LogP contribution in [-0.4, -0.2) is 71.9 Å². The molecule has 0 bridgehead atoms. The van der Waals surface area contributed by atoms with Crippen molar-refractivity contribution in [3.8, 4) is 5.75 Å². The molecule has 0 aliphatic carbocycles. The molecule has 1 heterocycles. The highest BCUT2D eigenvalue weighted by Crippen LogP contribution is 2.18. The molecule has 9 heteroatoms. The zero-order valence-electron chi connectivity index (χ0n) is 15.1. The molecule has 1 aliphatic rings. The third kappa shape index (κ3) is 5.94. The van der Waals surface area contributed by atoms with E-state index in [1.165, 1.54) is 12.1 Å². The van der Waals surface area contributed by atoms with Crippen LogP contribution in [0.3, 0.4) is 0 Å². The third-order valence-electron chi connectivity index (χ3n) is 3.93. The number of benzene rings is 1. The normalized spacial score (nSPS) is 16.3. The highest BCUT2D eigenvalue weighted by Gasteiger charge is 2.24. The number of amides is 1. The van der Waals surface area contributed by atoms with Gasteiger partial charge in [-0.25, -0.2) is 13.1 Å². The van der Waals surface area contributed by atoms with Crippen LogP contribution in [0.1, 0.15) is 13.3 Å². The van der Waals surface area contributed by atoms with E-state index in [1.54, 1.807) is 31.1 Å². The van der Waals surface area contributed by atoms with Crippen LogP contribution in [-0.2, 0) is 24.3 Å². The van der Waals surface area contributed by atoms with Crippen molar-refractivity contribution in [2.75, 3.05) is 46.6 Å². The maximum Gasteiger partial charge on any atom is 0.263 e. The monoisotopic (exact) mass is 386 g/mol. The smallest absolute Gasteiger partial charge is 0.263 e. The van der Waals surface area contributed by atoms with Gasteiger partial charge >= 0.3 is 0 Å². The van der Waals surface area contributed by atoms with E-state index in [4.69, 9.17) is 14.2 Å². The summed E-state index contributed by atoms with van der Waals surface area (Å²) in [5.41, 5.74) is 0. The molecule has 1 aliphatic heterocycles. The minimum atomic E-state index is -3.57. The maximum atomic E-state index is 12.3. The molecule has 1 aromatic carbocycles. The van der Waals surface area contributed by atoms with Gasteiger partial charge in [0.25, 0.3) is 5.91 Å². The second kappa shape index (κ2) is 9.86. The molecule has 1 amide bonds. The lowest BCUT2D eigenvalue weighted by Gasteiger charge is -2.29. The summed E-state index contributed by atoms with van der Waals surface area (Å²) in [4.78, 5) is 14.2. The summed E-state index contributed by atoms with van der Waals surface area (Å²) in [5.74, 6) is 0.335. The molecule has 0 unspecified atom stereocenters. The van der Waals surface area contributed by atoms with E-state index in [0.717, 1.165) is 0 Å². The van der Waals surface area contributed by atoms with Gasteiger partial charge in [0.2, 0.25) is 10.0 Å². The minimum Gasteiger partial charge on any atom is -0.481 e. The van der Waals surface area contributed by atoms with Crippen molar-refractivity contribution in [2.45, 2.75) is 24.3 Å². The van der Waals surface area contributed by atoms with Gasteiger partial charge in [-0.15, -0.1) is 0 Å². The van der Waals surface area contributed by atoms with Crippen molar-refractivity contribution in [1.29, 1.82) is 0 Å². The van der Waals surface area contributed by atoms with Crippen LogP contribution < -0.4 is 9.46 Å². The van der Waals surface area contributed by atoms with Gasteiger partial charge in [0, 0.05) is 33.4 Å². The van der Waals surface area contributed by atoms with Gasteiger partial charge in [-0.1, -0.05) is 0 Å². The molecule has 1 N–H and O–H groups in total. The molecule has 0 spiro atoms. The van der Waals surface area contributed by atoms with Crippen LogP contribution >= 0.6 is 0 Å². The van der Waals surface area contributed by atoms with Gasteiger partial charge < -0.3 is 19.1 Å². The molecule has 146 valence electrons. The highest BCUT2D eigenvalue weighted by molar-refractivity contribution is 7.89. The summed E-state index contributed by atoms with van der Waals surface area (Å²) in [7, 11) is -2.00. The summed E-state index contributed by atoms with van der Waals surface area (Å²) >= 11 is 0. The number of nitrogens with zero attached hydrogens (tertiary/aromatic N) is 1. The third-order valence-corrected chi connectivity index (χ3v) is 5.41. The molecule has 1 fully saturated rings. The zero-order chi connectivity index (χ0) is 19.0. The van der Waals surface area contributed by atoms with E-state index >= 15 is 0 Å². The summed E-state index contributed by atoms with van der Waals surface area (Å²) in [6.07, 6.45) is -0.0549. The Hall–Kier alpha value is -1.68. The Bertz CT molecular complexity index is 671. The van der Waals surface area contributed by atoms with E-state index in [9.17, 15) is 13.2 Å². The van der Waals surface area contributed by atoms with Crippen LogP contribution in [0.5, 0.6) is 5.75 Å². The molecule has 2 rings (SSSR count). The SMILES string of the molecule is COCCCNS(=O)(=O)c1ccc(O[C@H](C)C(=O)N2CCOCC2)cc1. The summed E-state index contributed by atoms with van der Waals surface area (Å²) in [5, 5.41) is 0. The summed E-state index contributed by atoms with van der Waals surface area (Å²) in [6, 6.07) is 6.01. The Morgan fingerprint density at radius 2 is 1.92 bits per heavy atom. The van der Waals surface area contributed by atoms with Gasteiger partial charge in [0.15, 0.2) is 6.10 Å². The van der Waals surface area contributed by atoms with E-state index in [2.05, 4.69) is 4.72 Å². The number of ether oxygens (including phenoxy) is 3. The van der Waals surface area contributed by atoms with E-state index in [1.807, 2.05) is 0 Å². The molecule has 8 nitrogen and oxygen atoms in total. The average Bonchev–Trinajstić information content (AvgIpc) is 2.66. The van der Waals surface area contributed by atoms with Crippen LogP contribution in [0.2, 0.25) is 0 Å².